The molecule has 0 aliphatic heterocycles. The van der Waals surface area contributed by atoms with Gasteiger partial charge in [0.05, 0.1) is 0 Å². The lowest BCUT2D eigenvalue weighted by Gasteiger charge is -2.11. The van der Waals surface area contributed by atoms with Crippen LogP contribution in [0, 0.1) is 6.92 Å². The van der Waals surface area contributed by atoms with Gasteiger partial charge in [-0.1, -0.05) is 35.9 Å². The van der Waals surface area contributed by atoms with E-state index in [0.29, 0.717) is 22.6 Å². The zero-order valence-corrected chi connectivity index (χ0v) is 12.1. The van der Waals surface area contributed by atoms with Crippen molar-refractivity contribution in [3.8, 4) is 11.6 Å². The number of anilines is 1. The molecule has 3 aromatic rings. The number of nitrogens with zero attached hydrogens (tertiary/aromatic N) is 2. The molecule has 0 saturated heterocycles. The summed E-state index contributed by atoms with van der Waals surface area (Å²) in [5.74, 6) is 6.75. The topological polar surface area (TPSA) is 73.1 Å². The van der Waals surface area contributed by atoms with Crippen molar-refractivity contribution in [2.45, 2.75) is 6.92 Å². The average Bonchev–Trinajstić information content (AvgIpc) is 2.52. The molecule has 1 aromatic heterocycles. The number of aryl methyl sites for hydroxylation is 1. The number of hydrogen-bond acceptors (Lipinski definition) is 5. The van der Waals surface area contributed by atoms with Crippen molar-refractivity contribution in [2.75, 3.05) is 5.43 Å². The smallest absolute Gasteiger partial charge is 0.240 e. The Morgan fingerprint density at radius 3 is 2.67 bits per heavy atom. The predicted molar refractivity (Wildman–Crippen MR) is 83.6 cm³/mol. The molecule has 0 radical (unpaired) electrons. The summed E-state index contributed by atoms with van der Waals surface area (Å²) < 4.78 is 5.91. The van der Waals surface area contributed by atoms with Gasteiger partial charge in [0.15, 0.2) is 0 Å². The first kappa shape index (κ1) is 13.6. The van der Waals surface area contributed by atoms with Gasteiger partial charge in [-0.15, -0.1) is 0 Å². The highest BCUT2D eigenvalue weighted by atomic mass is 35.5. The summed E-state index contributed by atoms with van der Waals surface area (Å²) in [6.07, 6.45) is 1.65. The summed E-state index contributed by atoms with van der Waals surface area (Å²) in [5.41, 5.74) is 3.22. The maximum Gasteiger partial charge on any atom is 0.240 e. The number of fused-ring (bicyclic) bond motifs is 1. The van der Waals surface area contributed by atoms with Gasteiger partial charge in [0.2, 0.25) is 11.8 Å². The molecule has 0 bridgehead atoms. The third kappa shape index (κ3) is 2.61. The maximum absolute atomic E-state index is 6.20. The lowest BCUT2D eigenvalue weighted by atomic mass is 10.1. The minimum Gasteiger partial charge on any atom is -0.438 e. The molecule has 5 nitrogen and oxygen atoms in total. The van der Waals surface area contributed by atoms with Gasteiger partial charge in [0.1, 0.15) is 5.75 Å². The van der Waals surface area contributed by atoms with Crippen molar-refractivity contribution in [3.05, 3.63) is 53.2 Å². The van der Waals surface area contributed by atoms with E-state index in [9.17, 15) is 0 Å². The summed E-state index contributed by atoms with van der Waals surface area (Å²) >= 11 is 6.20. The first-order valence-corrected chi connectivity index (χ1v) is 6.72. The third-order valence-electron chi connectivity index (χ3n) is 3.09. The Morgan fingerprint density at radius 2 is 1.90 bits per heavy atom. The van der Waals surface area contributed by atoms with Crippen molar-refractivity contribution in [1.82, 2.24) is 9.97 Å². The van der Waals surface area contributed by atoms with Crippen LogP contribution in [0.4, 0.5) is 5.95 Å². The number of hydrazine groups is 1. The molecular weight excluding hydrogens is 288 g/mol. The lowest BCUT2D eigenvalue weighted by Crippen LogP contribution is -2.11. The van der Waals surface area contributed by atoms with Gasteiger partial charge in [-0.25, -0.2) is 10.8 Å². The van der Waals surface area contributed by atoms with E-state index in [1.807, 2.05) is 37.3 Å². The number of nitrogens with one attached hydrogen (secondary N) is 1. The molecule has 0 aliphatic rings. The molecule has 3 N–H and O–H groups in total. The van der Waals surface area contributed by atoms with Crippen LogP contribution in [0.2, 0.25) is 5.02 Å². The molecule has 0 aliphatic carbocycles. The second-order valence-corrected chi connectivity index (χ2v) is 4.93. The Labute approximate surface area is 126 Å². The van der Waals surface area contributed by atoms with Crippen LogP contribution < -0.4 is 16.0 Å². The van der Waals surface area contributed by atoms with Gasteiger partial charge >= 0.3 is 0 Å². The summed E-state index contributed by atoms with van der Waals surface area (Å²) in [5, 5.41) is 2.53. The fourth-order valence-corrected chi connectivity index (χ4v) is 2.25. The highest BCUT2D eigenvalue weighted by molar-refractivity contribution is 6.35. The minimum absolute atomic E-state index is 0.300. The Balaban J connectivity index is 2.08. The molecule has 6 heteroatoms. The molecule has 0 spiro atoms. The third-order valence-corrected chi connectivity index (χ3v) is 3.42. The molecule has 0 saturated carbocycles. The van der Waals surface area contributed by atoms with Crippen LogP contribution in [-0.2, 0) is 0 Å². The van der Waals surface area contributed by atoms with E-state index in [-0.39, 0.29) is 0 Å². The van der Waals surface area contributed by atoms with Crippen LogP contribution in [0.1, 0.15) is 5.56 Å². The molecule has 2 aromatic carbocycles. The summed E-state index contributed by atoms with van der Waals surface area (Å²) in [6, 6.07) is 11.4. The van der Waals surface area contributed by atoms with Crippen LogP contribution in [0.15, 0.2) is 42.6 Å². The summed E-state index contributed by atoms with van der Waals surface area (Å²) in [4.78, 5) is 8.24. The van der Waals surface area contributed by atoms with Crippen LogP contribution in [-0.4, -0.2) is 9.97 Å². The normalized spacial score (nSPS) is 10.6. The molecule has 106 valence electrons. The number of halogens is 1. The quantitative estimate of drug-likeness (QED) is 0.570. The van der Waals surface area contributed by atoms with Crippen molar-refractivity contribution in [1.29, 1.82) is 0 Å². The Morgan fingerprint density at radius 1 is 1.14 bits per heavy atom. The van der Waals surface area contributed by atoms with Crippen molar-refractivity contribution >= 4 is 28.3 Å². The van der Waals surface area contributed by atoms with Crippen LogP contribution in [0.3, 0.4) is 0 Å². The first-order chi connectivity index (χ1) is 10.2. The summed E-state index contributed by atoms with van der Waals surface area (Å²) in [7, 11) is 0. The van der Waals surface area contributed by atoms with E-state index in [1.165, 1.54) is 0 Å². The molecule has 0 atom stereocenters. The average molecular weight is 301 g/mol. The second-order valence-electron chi connectivity index (χ2n) is 4.52. The van der Waals surface area contributed by atoms with Gasteiger partial charge < -0.3 is 4.74 Å². The van der Waals surface area contributed by atoms with Crippen molar-refractivity contribution < 1.29 is 4.74 Å². The number of nitrogen functional groups attached to an aromatic ring is 1. The van der Waals surface area contributed by atoms with Gasteiger partial charge in [-0.2, -0.15) is 4.98 Å². The van der Waals surface area contributed by atoms with Crippen molar-refractivity contribution in [2.24, 2.45) is 5.84 Å². The van der Waals surface area contributed by atoms with Gasteiger partial charge in [-0.05, 0) is 19.1 Å². The molecule has 3 rings (SSSR count). The number of benzene rings is 2. The molecule has 0 unspecified atom stereocenters. The standard InChI is InChI=1S/C15H13ClN4O/c1-9-8-18-15(20-17)19-14(9)21-13-7-6-12(16)10-4-2-3-5-11(10)13/h2-8H,17H2,1H3,(H,18,19,20). The van der Waals surface area contributed by atoms with E-state index < -0.39 is 0 Å². The molecule has 21 heavy (non-hydrogen) atoms. The van der Waals surface area contributed by atoms with E-state index >= 15 is 0 Å². The largest absolute Gasteiger partial charge is 0.438 e. The minimum atomic E-state index is 0.300. The van der Waals surface area contributed by atoms with Crippen LogP contribution in [0.5, 0.6) is 11.6 Å². The zero-order valence-electron chi connectivity index (χ0n) is 11.3. The fourth-order valence-electron chi connectivity index (χ4n) is 2.03. The van der Waals surface area contributed by atoms with E-state index in [1.54, 1.807) is 12.3 Å². The highest BCUT2D eigenvalue weighted by Crippen LogP contribution is 2.34. The van der Waals surface area contributed by atoms with Crippen LogP contribution in [0.25, 0.3) is 10.8 Å². The number of rotatable bonds is 3. The number of ether oxygens (including phenoxy) is 1. The Hall–Kier alpha value is -2.37. The molecule has 1 heterocycles. The Kier molecular flexibility index (Phi) is 3.60. The van der Waals surface area contributed by atoms with Gasteiger partial charge in [0.25, 0.3) is 0 Å². The Bertz CT molecular complexity index is 807. The molecule has 0 fully saturated rings. The zero-order chi connectivity index (χ0) is 14.8. The lowest BCUT2D eigenvalue weighted by molar-refractivity contribution is 0.463. The monoisotopic (exact) mass is 300 g/mol. The van der Waals surface area contributed by atoms with Crippen molar-refractivity contribution in [3.63, 3.8) is 0 Å². The number of hydrogen-bond donors (Lipinski definition) is 2. The summed E-state index contributed by atoms with van der Waals surface area (Å²) in [6.45, 7) is 1.87. The molecule has 0 amide bonds. The number of nitrogens with two attached hydrogens (primary N) is 1. The van der Waals surface area contributed by atoms with E-state index in [0.717, 1.165) is 16.3 Å². The van der Waals surface area contributed by atoms with Crippen LogP contribution >= 0.6 is 11.6 Å². The van der Waals surface area contributed by atoms with E-state index in [4.69, 9.17) is 22.2 Å². The second kappa shape index (κ2) is 5.55. The highest BCUT2D eigenvalue weighted by Gasteiger charge is 2.10. The maximum atomic E-state index is 6.20. The van der Waals surface area contributed by atoms with Gasteiger partial charge in [0, 0.05) is 27.6 Å². The predicted octanol–water partition coefficient (Wildman–Crippen LogP) is 3.67. The number of aromatic nitrogens is 2. The fraction of sp³-hybridized carbons (Fsp3) is 0.0667. The SMILES string of the molecule is Cc1cnc(NN)nc1Oc1ccc(Cl)c2ccccc12. The van der Waals surface area contributed by atoms with E-state index in [2.05, 4.69) is 15.4 Å². The molecular formula is C15H13ClN4O. The first-order valence-electron chi connectivity index (χ1n) is 6.34. The van der Waals surface area contributed by atoms with Gasteiger partial charge in [-0.3, -0.25) is 5.43 Å².